The minimum Gasteiger partial charge on any atom is -0.320 e. The van der Waals surface area contributed by atoms with E-state index in [1.807, 2.05) is 13.1 Å². The van der Waals surface area contributed by atoms with E-state index in [0.717, 1.165) is 30.8 Å². The molecule has 0 fully saturated rings. The maximum absolute atomic E-state index is 6.17. The Kier molecular flexibility index (Phi) is 1.84. The summed E-state index contributed by atoms with van der Waals surface area (Å²) in [7, 11) is 0. The van der Waals surface area contributed by atoms with E-state index < -0.39 is 0 Å². The molecule has 0 saturated heterocycles. The molecule has 13 heavy (non-hydrogen) atoms. The normalized spacial score (nSPS) is 27.0. The second kappa shape index (κ2) is 2.77. The Bertz CT molecular complexity index is 331. The van der Waals surface area contributed by atoms with Gasteiger partial charge >= 0.3 is 0 Å². The van der Waals surface area contributed by atoms with Gasteiger partial charge in [0.1, 0.15) is 5.82 Å². The lowest BCUT2D eigenvalue weighted by Gasteiger charge is -2.30. The van der Waals surface area contributed by atoms with E-state index in [1.54, 1.807) is 0 Å². The summed E-state index contributed by atoms with van der Waals surface area (Å²) >= 11 is 0. The average Bonchev–Trinajstić information content (AvgIpc) is 2.06. The fourth-order valence-electron chi connectivity index (χ4n) is 1.94. The van der Waals surface area contributed by atoms with Gasteiger partial charge in [-0.15, -0.1) is 0 Å². The number of nitrogens with zero attached hydrogens (tertiary/aromatic N) is 2. The molecule has 3 nitrogen and oxygen atoms in total. The number of hydrogen-bond donors (Lipinski definition) is 1. The maximum Gasteiger partial charge on any atom is 0.125 e. The van der Waals surface area contributed by atoms with E-state index in [9.17, 15) is 0 Å². The van der Waals surface area contributed by atoms with Crippen molar-refractivity contribution < 1.29 is 0 Å². The zero-order valence-electron chi connectivity index (χ0n) is 8.17. The highest BCUT2D eigenvalue weighted by molar-refractivity contribution is 5.27. The van der Waals surface area contributed by atoms with E-state index in [2.05, 4.69) is 16.9 Å². The summed E-state index contributed by atoms with van der Waals surface area (Å²) in [5, 5.41) is 0. The Labute approximate surface area is 78.4 Å². The van der Waals surface area contributed by atoms with Crippen molar-refractivity contribution in [2.75, 3.05) is 0 Å². The van der Waals surface area contributed by atoms with Crippen LogP contribution in [0, 0.1) is 6.92 Å². The summed E-state index contributed by atoms with van der Waals surface area (Å²) < 4.78 is 0. The van der Waals surface area contributed by atoms with Crippen LogP contribution in [0.25, 0.3) is 0 Å². The molecule has 1 heterocycles. The minimum atomic E-state index is -0.249. The van der Waals surface area contributed by atoms with Crippen LogP contribution in [-0.2, 0) is 12.0 Å². The van der Waals surface area contributed by atoms with Crippen LogP contribution in [0.4, 0.5) is 0 Å². The van der Waals surface area contributed by atoms with Gasteiger partial charge in [-0.2, -0.15) is 0 Å². The van der Waals surface area contributed by atoms with E-state index in [1.165, 1.54) is 5.56 Å². The highest BCUT2D eigenvalue weighted by Crippen LogP contribution is 2.30. The summed E-state index contributed by atoms with van der Waals surface area (Å²) in [6, 6.07) is 0. The number of fused-ring (bicyclic) bond motifs is 1. The van der Waals surface area contributed by atoms with Crippen molar-refractivity contribution in [3.63, 3.8) is 0 Å². The first kappa shape index (κ1) is 8.63. The lowest BCUT2D eigenvalue weighted by molar-refractivity contribution is 0.393. The van der Waals surface area contributed by atoms with E-state index in [-0.39, 0.29) is 5.54 Å². The molecule has 0 saturated carbocycles. The Morgan fingerprint density at radius 2 is 2.31 bits per heavy atom. The fraction of sp³-hybridized carbons (Fsp3) is 0.600. The molecular formula is C10H15N3. The number of aromatic nitrogens is 2. The van der Waals surface area contributed by atoms with Gasteiger partial charge in [0.25, 0.3) is 0 Å². The third kappa shape index (κ3) is 1.44. The maximum atomic E-state index is 6.17. The molecule has 1 aromatic heterocycles. The topological polar surface area (TPSA) is 51.8 Å². The van der Waals surface area contributed by atoms with Crippen molar-refractivity contribution in [2.45, 2.75) is 38.6 Å². The summed E-state index contributed by atoms with van der Waals surface area (Å²) in [6.45, 7) is 3.96. The smallest absolute Gasteiger partial charge is 0.125 e. The van der Waals surface area contributed by atoms with E-state index >= 15 is 0 Å². The summed E-state index contributed by atoms with van der Waals surface area (Å²) in [4.78, 5) is 8.62. The molecule has 2 N–H and O–H groups in total. The predicted octanol–water partition coefficient (Wildman–Crippen LogP) is 1.30. The molecule has 70 valence electrons. The number of aryl methyl sites for hydroxylation is 2. The van der Waals surface area contributed by atoms with Crippen molar-refractivity contribution in [3.8, 4) is 0 Å². The SMILES string of the molecule is Cc1ncc2c(n1)C(C)(N)CCC2. The molecule has 3 heteroatoms. The quantitative estimate of drug-likeness (QED) is 0.649. The number of rotatable bonds is 0. The van der Waals surface area contributed by atoms with Gasteiger partial charge in [-0.1, -0.05) is 0 Å². The fourth-order valence-corrected chi connectivity index (χ4v) is 1.94. The second-order valence-corrected chi connectivity index (χ2v) is 4.06. The summed E-state index contributed by atoms with van der Waals surface area (Å²) in [5.74, 6) is 0.817. The minimum absolute atomic E-state index is 0.249. The first-order valence-electron chi connectivity index (χ1n) is 4.71. The standard InChI is InChI=1S/C10H15N3/c1-7-12-6-8-4-3-5-10(2,11)9(8)13-7/h6H,3-5,11H2,1-2H3. The van der Waals surface area contributed by atoms with Gasteiger partial charge < -0.3 is 5.73 Å². The average molecular weight is 177 g/mol. The van der Waals surface area contributed by atoms with Gasteiger partial charge in [0.15, 0.2) is 0 Å². The van der Waals surface area contributed by atoms with Crippen molar-refractivity contribution >= 4 is 0 Å². The van der Waals surface area contributed by atoms with Crippen LogP contribution in [-0.4, -0.2) is 9.97 Å². The van der Waals surface area contributed by atoms with E-state index in [4.69, 9.17) is 5.73 Å². The highest BCUT2D eigenvalue weighted by atomic mass is 14.9. The zero-order valence-corrected chi connectivity index (χ0v) is 8.17. The van der Waals surface area contributed by atoms with Gasteiger partial charge in [-0.05, 0) is 38.7 Å². The number of nitrogens with two attached hydrogens (primary N) is 1. The first-order valence-corrected chi connectivity index (χ1v) is 4.71. The van der Waals surface area contributed by atoms with Gasteiger partial charge in [0.2, 0.25) is 0 Å². The Balaban J connectivity index is 2.55. The Morgan fingerprint density at radius 1 is 1.54 bits per heavy atom. The van der Waals surface area contributed by atoms with Crippen LogP contribution < -0.4 is 5.73 Å². The largest absolute Gasteiger partial charge is 0.320 e. The first-order chi connectivity index (χ1) is 6.09. The molecular weight excluding hydrogens is 162 g/mol. The highest BCUT2D eigenvalue weighted by Gasteiger charge is 2.29. The second-order valence-electron chi connectivity index (χ2n) is 4.06. The van der Waals surface area contributed by atoms with Gasteiger partial charge in [-0.3, -0.25) is 0 Å². The Hall–Kier alpha value is -0.960. The van der Waals surface area contributed by atoms with E-state index in [0.29, 0.717) is 0 Å². The lowest BCUT2D eigenvalue weighted by Crippen LogP contribution is -2.38. The summed E-state index contributed by atoms with van der Waals surface area (Å²) in [5.41, 5.74) is 8.19. The molecule has 2 rings (SSSR count). The summed E-state index contributed by atoms with van der Waals surface area (Å²) in [6.07, 6.45) is 5.16. The molecule has 0 aromatic carbocycles. The van der Waals surface area contributed by atoms with Crippen LogP contribution in [0.1, 0.15) is 36.8 Å². The third-order valence-electron chi connectivity index (χ3n) is 2.67. The van der Waals surface area contributed by atoms with Crippen LogP contribution in [0.15, 0.2) is 6.20 Å². The van der Waals surface area contributed by atoms with Gasteiger partial charge in [0, 0.05) is 6.20 Å². The van der Waals surface area contributed by atoms with Crippen LogP contribution >= 0.6 is 0 Å². The van der Waals surface area contributed by atoms with Crippen LogP contribution in [0.2, 0.25) is 0 Å². The molecule has 1 aliphatic carbocycles. The van der Waals surface area contributed by atoms with Gasteiger partial charge in [0.05, 0.1) is 11.2 Å². The molecule has 0 bridgehead atoms. The zero-order chi connectivity index (χ0) is 9.47. The molecule has 1 unspecified atom stereocenters. The number of hydrogen-bond acceptors (Lipinski definition) is 3. The predicted molar refractivity (Wildman–Crippen MR) is 51.2 cm³/mol. The molecule has 0 amide bonds. The van der Waals surface area contributed by atoms with Gasteiger partial charge in [-0.25, -0.2) is 9.97 Å². The molecule has 0 radical (unpaired) electrons. The monoisotopic (exact) mass is 177 g/mol. The lowest BCUT2D eigenvalue weighted by atomic mass is 9.83. The Morgan fingerprint density at radius 3 is 3.08 bits per heavy atom. The molecule has 1 aliphatic rings. The molecule has 1 aromatic rings. The van der Waals surface area contributed by atoms with Crippen molar-refractivity contribution in [2.24, 2.45) is 5.73 Å². The molecule has 1 atom stereocenters. The van der Waals surface area contributed by atoms with Crippen LogP contribution in [0.3, 0.4) is 0 Å². The van der Waals surface area contributed by atoms with Crippen LogP contribution in [0.5, 0.6) is 0 Å². The molecule has 0 spiro atoms. The van der Waals surface area contributed by atoms with Crippen molar-refractivity contribution in [1.82, 2.24) is 9.97 Å². The van der Waals surface area contributed by atoms with Crippen molar-refractivity contribution in [3.05, 3.63) is 23.3 Å². The molecule has 0 aliphatic heterocycles. The van der Waals surface area contributed by atoms with Crippen molar-refractivity contribution in [1.29, 1.82) is 0 Å². The third-order valence-corrected chi connectivity index (χ3v) is 2.67.